The van der Waals surface area contributed by atoms with E-state index in [0.29, 0.717) is 22.8 Å². The molecule has 0 saturated carbocycles. The summed E-state index contributed by atoms with van der Waals surface area (Å²) in [6.07, 6.45) is 0. The fourth-order valence-corrected chi connectivity index (χ4v) is 3.06. The first-order chi connectivity index (χ1) is 14.1. The Kier molecular flexibility index (Phi) is 4.99. The van der Waals surface area contributed by atoms with Crippen LogP contribution < -0.4 is 0 Å². The van der Waals surface area contributed by atoms with Gasteiger partial charge in [0.05, 0.1) is 11.4 Å². The minimum atomic E-state index is -0.699. The third-order valence-electron chi connectivity index (χ3n) is 4.56. The highest BCUT2D eigenvalue weighted by atomic mass is 16.3. The van der Waals surface area contributed by atoms with Crippen LogP contribution in [0.4, 0.5) is 0 Å². The molecule has 6 heteroatoms. The van der Waals surface area contributed by atoms with Crippen molar-refractivity contribution in [3.63, 3.8) is 0 Å². The molecule has 1 aromatic heterocycles. The van der Waals surface area contributed by atoms with Gasteiger partial charge >= 0.3 is 0 Å². The van der Waals surface area contributed by atoms with E-state index in [1.54, 1.807) is 48.5 Å². The number of nitrogens with one attached hydrogen (secondary N) is 1. The van der Waals surface area contributed by atoms with Gasteiger partial charge in [0, 0.05) is 11.1 Å². The topological polar surface area (TPSA) is 102 Å². The van der Waals surface area contributed by atoms with Crippen molar-refractivity contribution in [2.24, 2.45) is 5.11 Å². The molecule has 142 valence electrons. The summed E-state index contributed by atoms with van der Waals surface area (Å²) in [4.78, 5) is 9.34. The molecule has 0 amide bonds. The summed E-state index contributed by atoms with van der Waals surface area (Å²) in [6.45, 7) is 0. The standard InChI is InChI=1S/C23H18N4O2/c24-27-22(17-8-12-19(29)13-9-17)23-25-20(15-4-2-1-3-5-15)14-21(26-23)16-6-10-18(28)11-7-16/h1-14,22,24,28-29H. The Morgan fingerprint density at radius 3 is 1.76 bits per heavy atom. The summed E-state index contributed by atoms with van der Waals surface area (Å²) in [5, 5.41) is 22.9. The third-order valence-corrected chi connectivity index (χ3v) is 4.56. The predicted molar refractivity (Wildman–Crippen MR) is 110 cm³/mol. The van der Waals surface area contributed by atoms with Crippen molar-refractivity contribution in [3.05, 3.63) is 96.3 Å². The van der Waals surface area contributed by atoms with Crippen molar-refractivity contribution in [1.29, 1.82) is 5.53 Å². The van der Waals surface area contributed by atoms with E-state index < -0.39 is 6.04 Å². The first kappa shape index (κ1) is 18.3. The summed E-state index contributed by atoms with van der Waals surface area (Å²) in [6, 6.07) is 24.2. The molecule has 0 aliphatic heterocycles. The molecular formula is C23H18N4O2. The minimum Gasteiger partial charge on any atom is -0.508 e. The van der Waals surface area contributed by atoms with E-state index in [4.69, 9.17) is 5.53 Å². The number of hydrogen-bond acceptors (Lipinski definition) is 6. The molecule has 0 saturated heterocycles. The number of benzene rings is 3. The second kappa shape index (κ2) is 7.90. The molecule has 0 bridgehead atoms. The molecule has 1 unspecified atom stereocenters. The molecule has 29 heavy (non-hydrogen) atoms. The monoisotopic (exact) mass is 382 g/mol. The van der Waals surface area contributed by atoms with Crippen LogP contribution in [0, 0.1) is 5.53 Å². The van der Waals surface area contributed by atoms with Crippen LogP contribution in [0.5, 0.6) is 11.5 Å². The number of phenolic OH excluding ortho intramolecular Hbond substituents is 2. The lowest BCUT2D eigenvalue weighted by molar-refractivity contribution is 0.474. The Labute approximate surface area is 167 Å². The average Bonchev–Trinajstić information content (AvgIpc) is 2.76. The maximum atomic E-state index is 9.60. The Bertz CT molecular complexity index is 1130. The summed E-state index contributed by atoms with van der Waals surface area (Å²) in [7, 11) is 0. The smallest absolute Gasteiger partial charge is 0.160 e. The van der Waals surface area contributed by atoms with Crippen molar-refractivity contribution in [2.45, 2.75) is 6.04 Å². The van der Waals surface area contributed by atoms with Gasteiger partial charge in [0.1, 0.15) is 11.5 Å². The zero-order valence-corrected chi connectivity index (χ0v) is 15.4. The van der Waals surface area contributed by atoms with Crippen LogP contribution in [-0.4, -0.2) is 20.2 Å². The van der Waals surface area contributed by atoms with Crippen LogP contribution in [0.15, 0.2) is 90.0 Å². The largest absolute Gasteiger partial charge is 0.508 e. The van der Waals surface area contributed by atoms with E-state index in [-0.39, 0.29) is 11.5 Å². The number of aromatic hydroxyl groups is 2. The zero-order chi connectivity index (χ0) is 20.2. The maximum absolute atomic E-state index is 9.60. The van der Waals surface area contributed by atoms with Crippen LogP contribution in [0.1, 0.15) is 17.4 Å². The molecule has 4 rings (SSSR count). The van der Waals surface area contributed by atoms with Gasteiger partial charge in [-0.1, -0.05) is 42.5 Å². The first-order valence-corrected chi connectivity index (χ1v) is 9.03. The SMILES string of the molecule is N=NC(c1ccc(O)cc1)c1nc(-c2ccccc2)cc(-c2ccc(O)cc2)n1. The van der Waals surface area contributed by atoms with Gasteiger partial charge in [0.2, 0.25) is 0 Å². The van der Waals surface area contributed by atoms with Crippen LogP contribution in [-0.2, 0) is 0 Å². The zero-order valence-electron chi connectivity index (χ0n) is 15.4. The fraction of sp³-hybridized carbons (Fsp3) is 0.0435. The molecular weight excluding hydrogens is 364 g/mol. The summed E-state index contributed by atoms with van der Waals surface area (Å²) in [5.74, 6) is 0.700. The second-order valence-corrected chi connectivity index (χ2v) is 6.53. The molecule has 0 radical (unpaired) electrons. The Morgan fingerprint density at radius 2 is 1.21 bits per heavy atom. The maximum Gasteiger partial charge on any atom is 0.160 e. The Balaban J connectivity index is 1.88. The second-order valence-electron chi connectivity index (χ2n) is 6.53. The molecule has 0 aliphatic rings. The van der Waals surface area contributed by atoms with Crippen molar-refractivity contribution >= 4 is 0 Å². The summed E-state index contributed by atoms with van der Waals surface area (Å²) >= 11 is 0. The Morgan fingerprint density at radius 1 is 0.690 bits per heavy atom. The number of rotatable bonds is 5. The first-order valence-electron chi connectivity index (χ1n) is 9.03. The van der Waals surface area contributed by atoms with E-state index in [9.17, 15) is 10.2 Å². The quantitative estimate of drug-likeness (QED) is 0.405. The van der Waals surface area contributed by atoms with Gasteiger partial charge in [0.15, 0.2) is 11.9 Å². The van der Waals surface area contributed by atoms with Gasteiger partial charge < -0.3 is 10.2 Å². The van der Waals surface area contributed by atoms with Crippen LogP contribution in [0.3, 0.4) is 0 Å². The van der Waals surface area contributed by atoms with E-state index in [2.05, 4.69) is 15.1 Å². The number of phenols is 2. The van der Waals surface area contributed by atoms with Crippen LogP contribution >= 0.6 is 0 Å². The lowest BCUT2D eigenvalue weighted by Crippen LogP contribution is -2.06. The van der Waals surface area contributed by atoms with Gasteiger partial charge in [0.25, 0.3) is 0 Å². The van der Waals surface area contributed by atoms with E-state index >= 15 is 0 Å². The number of nitrogens with zero attached hydrogens (tertiary/aromatic N) is 3. The van der Waals surface area contributed by atoms with Crippen molar-refractivity contribution in [1.82, 2.24) is 9.97 Å². The molecule has 6 nitrogen and oxygen atoms in total. The van der Waals surface area contributed by atoms with Gasteiger partial charge in [-0.05, 0) is 48.0 Å². The van der Waals surface area contributed by atoms with Crippen molar-refractivity contribution < 1.29 is 10.2 Å². The summed E-state index contributed by atoms with van der Waals surface area (Å²) in [5.41, 5.74) is 11.5. The van der Waals surface area contributed by atoms with E-state index in [0.717, 1.165) is 11.1 Å². The molecule has 0 spiro atoms. The normalized spacial score (nSPS) is 11.7. The molecule has 4 aromatic rings. The van der Waals surface area contributed by atoms with Gasteiger partial charge in [-0.15, -0.1) is 0 Å². The fourth-order valence-electron chi connectivity index (χ4n) is 3.06. The van der Waals surface area contributed by atoms with E-state index in [1.165, 1.54) is 0 Å². The van der Waals surface area contributed by atoms with Crippen molar-refractivity contribution in [3.8, 4) is 34.0 Å². The lowest BCUT2D eigenvalue weighted by atomic mass is 10.0. The Hall–Kier alpha value is -4.06. The molecule has 3 aromatic carbocycles. The highest BCUT2D eigenvalue weighted by Gasteiger charge is 2.19. The van der Waals surface area contributed by atoms with Gasteiger partial charge in [-0.2, -0.15) is 5.11 Å². The number of aromatic nitrogens is 2. The number of hydrogen-bond donors (Lipinski definition) is 3. The van der Waals surface area contributed by atoms with Gasteiger partial charge in [-0.3, -0.25) is 0 Å². The molecule has 1 atom stereocenters. The molecule has 1 heterocycles. The lowest BCUT2D eigenvalue weighted by Gasteiger charge is -2.14. The molecule has 0 aliphatic carbocycles. The third kappa shape index (κ3) is 3.96. The predicted octanol–water partition coefficient (Wildman–Crippen LogP) is 5.34. The minimum absolute atomic E-state index is 0.140. The average molecular weight is 382 g/mol. The van der Waals surface area contributed by atoms with Gasteiger partial charge in [-0.25, -0.2) is 15.5 Å². The summed E-state index contributed by atoms with van der Waals surface area (Å²) < 4.78 is 0. The van der Waals surface area contributed by atoms with Crippen LogP contribution in [0.25, 0.3) is 22.5 Å². The highest BCUT2D eigenvalue weighted by molar-refractivity contribution is 5.68. The highest BCUT2D eigenvalue weighted by Crippen LogP contribution is 2.30. The molecule has 0 fully saturated rings. The molecule has 3 N–H and O–H groups in total. The van der Waals surface area contributed by atoms with E-state index in [1.807, 2.05) is 36.4 Å². The van der Waals surface area contributed by atoms with Crippen molar-refractivity contribution in [2.75, 3.05) is 0 Å². The van der Waals surface area contributed by atoms with Crippen LogP contribution in [0.2, 0.25) is 0 Å².